The quantitative estimate of drug-likeness (QED) is 0.0661. The van der Waals surface area contributed by atoms with E-state index < -0.39 is 0 Å². The second-order valence-corrected chi connectivity index (χ2v) is 24.4. The summed E-state index contributed by atoms with van der Waals surface area (Å²) < 4.78 is 37.3. The van der Waals surface area contributed by atoms with Gasteiger partial charge in [0.1, 0.15) is 48.8 Å². The summed E-state index contributed by atoms with van der Waals surface area (Å²) in [6, 6.07) is 48.2. The Kier molecular flexibility index (Phi) is 20.5. The van der Waals surface area contributed by atoms with Crippen molar-refractivity contribution in [2.45, 2.75) is 97.2 Å². The van der Waals surface area contributed by atoms with Gasteiger partial charge in [0.15, 0.2) is 11.6 Å². The summed E-state index contributed by atoms with van der Waals surface area (Å²) >= 11 is 0. The highest BCUT2D eigenvalue weighted by molar-refractivity contribution is 5.94. The van der Waals surface area contributed by atoms with Crippen molar-refractivity contribution < 1.29 is 33.0 Å². The first-order valence-corrected chi connectivity index (χ1v) is 33.4. The highest BCUT2D eigenvalue weighted by atomic mass is 19.1. The second-order valence-electron chi connectivity index (χ2n) is 24.4. The molecule has 3 aliphatic heterocycles. The molecule has 12 aromatic rings. The molecular weight excluding hydrogens is 1260 g/mol. The normalized spacial score (nSPS) is 15.4. The van der Waals surface area contributed by atoms with E-state index in [0.29, 0.717) is 26.3 Å². The monoisotopic (exact) mass is 1330 g/mol. The van der Waals surface area contributed by atoms with E-state index in [1.54, 1.807) is 61.7 Å². The zero-order valence-electron chi connectivity index (χ0n) is 55.8. The smallest absolute Gasteiger partial charge is 0.299 e. The van der Waals surface area contributed by atoms with E-state index in [1.165, 1.54) is 17.7 Å². The summed E-state index contributed by atoms with van der Waals surface area (Å²) in [5, 5.41) is 0. The highest BCUT2D eigenvalue weighted by Crippen LogP contribution is 2.39. The molecule has 0 bridgehead atoms. The maximum absolute atomic E-state index is 13.8. The van der Waals surface area contributed by atoms with Crippen molar-refractivity contribution in [1.82, 2.24) is 57.8 Å². The van der Waals surface area contributed by atoms with Crippen LogP contribution in [0.1, 0.15) is 110 Å². The van der Waals surface area contributed by atoms with Gasteiger partial charge in [0.2, 0.25) is 5.91 Å². The van der Waals surface area contributed by atoms with E-state index in [1.807, 2.05) is 122 Å². The van der Waals surface area contributed by atoms with E-state index in [2.05, 4.69) is 111 Å². The summed E-state index contributed by atoms with van der Waals surface area (Å²) in [7, 11) is 0. The number of ether oxygens (including phenoxy) is 3. The zero-order chi connectivity index (χ0) is 68.9. The van der Waals surface area contributed by atoms with Crippen LogP contribution in [0, 0.1) is 36.4 Å². The minimum absolute atomic E-state index is 0.0529. The largest absolute Gasteiger partial charge is 0.489 e. The summed E-state index contributed by atoms with van der Waals surface area (Å²) in [4.78, 5) is 70.9. The van der Waals surface area contributed by atoms with Crippen LogP contribution < -0.4 is 14.2 Å². The molecule has 0 radical (unpaired) electrons. The number of para-hydroxylation sites is 2. The zero-order valence-corrected chi connectivity index (χ0v) is 55.8. The van der Waals surface area contributed by atoms with E-state index >= 15 is 0 Å². The number of nitrogens with zero attached hydrogens (tertiary/aromatic N) is 12. The van der Waals surface area contributed by atoms with Crippen LogP contribution in [0.15, 0.2) is 220 Å². The topological polar surface area (TPSA) is 179 Å². The maximum atomic E-state index is 13.8. The van der Waals surface area contributed by atoms with Crippen LogP contribution in [0.4, 0.5) is 4.39 Å². The van der Waals surface area contributed by atoms with E-state index in [0.717, 1.165) is 141 Å². The number of carbonyl (C=O) groups excluding carboxylic acids is 3. The SMILES string of the molecule is C=CC(=O)N1CCC[C@H]1c1nc(-c2ccc(COc3cccc(C)c3)cc2)c2cnccn12.CC#CC(=O)N1CCC[C@H]1c1nc(-c2ccc(COc3ccccc3)cc2)c2cnccn12.CC#CC(=O)N1CCC[C@H]1c1nc(-c2ccc(COc3ccccc3F)cc2)c2cnccn12. The number of imidazole rings is 3. The van der Waals surface area contributed by atoms with Gasteiger partial charge in [-0.3, -0.25) is 42.5 Å². The average Bonchev–Trinajstić information content (AvgIpc) is 1.63. The summed E-state index contributed by atoms with van der Waals surface area (Å²) in [6.07, 6.45) is 23.1. The number of carbonyl (C=O) groups is 3. The Morgan fingerprint density at radius 3 is 1.33 bits per heavy atom. The van der Waals surface area contributed by atoms with Crippen molar-refractivity contribution in [1.29, 1.82) is 0 Å². The van der Waals surface area contributed by atoms with Crippen LogP contribution in [0.5, 0.6) is 17.2 Å². The lowest BCUT2D eigenvalue weighted by atomic mass is 10.1. The lowest BCUT2D eigenvalue weighted by Gasteiger charge is -2.22. The summed E-state index contributed by atoms with van der Waals surface area (Å²) in [5.41, 5.74) is 12.4. The van der Waals surface area contributed by atoms with Crippen molar-refractivity contribution in [3.05, 3.63) is 266 Å². The van der Waals surface area contributed by atoms with Crippen molar-refractivity contribution in [3.63, 3.8) is 0 Å². The summed E-state index contributed by atoms with van der Waals surface area (Å²) in [6.45, 7) is 12.4. The Balaban J connectivity index is 0.000000134. The van der Waals surface area contributed by atoms with Crippen molar-refractivity contribution in [2.24, 2.45) is 0 Å². The molecule has 15 rings (SSSR count). The van der Waals surface area contributed by atoms with Crippen LogP contribution in [0.3, 0.4) is 0 Å². The first-order chi connectivity index (χ1) is 49.0. The van der Waals surface area contributed by atoms with Gasteiger partial charge in [-0.25, -0.2) is 19.3 Å². The van der Waals surface area contributed by atoms with Crippen LogP contribution in [0.2, 0.25) is 0 Å². The predicted octanol–water partition coefficient (Wildman–Crippen LogP) is 14.6. The molecule has 500 valence electrons. The third-order valence-corrected chi connectivity index (χ3v) is 18.0. The fourth-order valence-electron chi connectivity index (χ4n) is 13.1. The van der Waals surface area contributed by atoms with E-state index in [-0.39, 0.29) is 54.0 Å². The number of amides is 3. The number of rotatable bonds is 16. The molecule has 3 fully saturated rings. The minimum atomic E-state index is -0.381. The van der Waals surface area contributed by atoms with Gasteiger partial charge in [0.25, 0.3) is 11.8 Å². The number of aryl methyl sites for hydroxylation is 1. The van der Waals surface area contributed by atoms with Crippen LogP contribution >= 0.6 is 0 Å². The first kappa shape index (κ1) is 66.4. The van der Waals surface area contributed by atoms with Crippen molar-refractivity contribution in [3.8, 4) is 74.7 Å². The number of likely N-dealkylation sites (tertiary alicyclic amines) is 3. The van der Waals surface area contributed by atoms with Crippen molar-refractivity contribution >= 4 is 34.3 Å². The molecule has 3 atom stereocenters. The molecule has 0 N–H and O–H groups in total. The molecule has 0 spiro atoms. The Morgan fingerprint density at radius 2 is 0.900 bits per heavy atom. The number of halogens is 1. The lowest BCUT2D eigenvalue weighted by Crippen LogP contribution is -2.30. The van der Waals surface area contributed by atoms with Crippen molar-refractivity contribution in [2.75, 3.05) is 19.6 Å². The van der Waals surface area contributed by atoms with Gasteiger partial charge in [0.05, 0.1) is 70.3 Å². The van der Waals surface area contributed by atoms with Crippen LogP contribution in [-0.4, -0.2) is 95.2 Å². The van der Waals surface area contributed by atoms with E-state index in [4.69, 9.17) is 29.2 Å². The number of fused-ring (bicyclic) bond motifs is 3. The molecule has 0 aliphatic carbocycles. The highest BCUT2D eigenvalue weighted by Gasteiger charge is 2.36. The molecule has 6 aromatic carbocycles. The van der Waals surface area contributed by atoms with Gasteiger partial charge in [-0.1, -0.05) is 134 Å². The molecule has 19 heteroatoms. The number of benzene rings is 6. The number of aromatic nitrogens is 9. The van der Waals surface area contributed by atoms with Gasteiger partial charge in [-0.05, 0) is 136 Å². The molecule has 9 heterocycles. The molecule has 3 amide bonds. The number of hydrogen-bond acceptors (Lipinski definition) is 12. The maximum Gasteiger partial charge on any atom is 0.299 e. The Bertz CT molecular complexity index is 5050. The molecule has 3 aliphatic rings. The Labute approximate surface area is 579 Å². The second kappa shape index (κ2) is 30.9. The predicted molar refractivity (Wildman–Crippen MR) is 380 cm³/mol. The van der Waals surface area contributed by atoms with Gasteiger partial charge in [-0.15, -0.1) is 0 Å². The molecule has 100 heavy (non-hydrogen) atoms. The van der Waals surface area contributed by atoms with Gasteiger partial charge in [-0.2, -0.15) is 0 Å². The standard InChI is InChI=1S/C27H23FN4O2.C27H26N4O2.C27H24N4O2/c1-2-6-25(33)31-15-5-8-22(31)27-30-26(23-17-29-14-16-32(23)27)20-12-10-19(11-13-20)18-34-24-9-4-3-7-21(24)28;1-3-25(32)30-14-5-8-23(30)27-29-26(24-17-28-13-15-31(24)27)21-11-9-20(10-12-21)18-33-22-7-4-6-19(2)16-22;1-2-7-25(32)30-16-6-10-23(30)27-29-26(24-18-28-15-17-31(24)27)21-13-11-20(12-14-21)19-33-22-8-4-3-5-9-22/h3-4,7,9-14,16-17,22H,5,8,15,18H2,1H3;3-4,6-7,9-13,15-17,23H,1,5,8,14,18H2,2H3;3-5,8-9,11-15,17-18,23H,6,10,16,19H2,1H3/t22-;2*23-/m000/s1. The minimum Gasteiger partial charge on any atom is -0.489 e. The molecule has 0 unspecified atom stereocenters. The molecule has 0 saturated carbocycles. The molecule has 6 aromatic heterocycles. The van der Waals surface area contributed by atoms with E-state index in [9.17, 15) is 18.8 Å². The lowest BCUT2D eigenvalue weighted by molar-refractivity contribution is -0.127. The van der Waals surface area contributed by atoms with Crippen LogP contribution in [-0.2, 0) is 34.2 Å². The fourth-order valence-corrected chi connectivity index (χ4v) is 13.1. The average molecular weight is 1330 g/mol. The fraction of sp³-hybridized carbons (Fsp3) is 0.222. The van der Waals surface area contributed by atoms with Gasteiger partial charge >= 0.3 is 0 Å². The van der Waals surface area contributed by atoms with Crippen LogP contribution in [0.25, 0.3) is 50.3 Å². The third kappa shape index (κ3) is 14.7. The Hall–Kier alpha value is -12.2. The third-order valence-electron chi connectivity index (χ3n) is 18.0. The van der Waals surface area contributed by atoms with Gasteiger partial charge in [0, 0.05) is 73.5 Å². The Morgan fingerprint density at radius 1 is 0.500 bits per heavy atom. The molecular formula is C81H73FN12O6. The first-order valence-electron chi connectivity index (χ1n) is 33.4. The molecule has 3 saturated heterocycles. The van der Waals surface area contributed by atoms with Gasteiger partial charge < -0.3 is 28.9 Å². The number of hydrogen-bond donors (Lipinski definition) is 0. The summed E-state index contributed by atoms with van der Waals surface area (Å²) in [5.74, 6) is 14.5. The molecule has 18 nitrogen and oxygen atoms in total.